The minimum absolute atomic E-state index is 0.130. The van der Waals surface area contributed by atoms with Gasteiger partial charge < -0.3 is 16.2 Å². The number of guanidine groups is 1. The van der Waals surface area contributed by atoms with E-state index >= 15 is 0 Å². The Labute approximate surface area is 140 Å². The van der Waals surface area contributed by atoms with Crippen LogP contribution in [0.5, 0.6) is 0 Å². The molecule has 9 heteroatoms. The van der Waals surface area contributed by atoms with Gasteiger partial charge in [0.25, 0.3) is 0 Å². The molecule has 1 aliphatic rings. The van der Waals surface area contributed by atoms with Crippen LogP contribution in [0.2, 0.25) is 0 Å². The standard InChI is InChI=1S/C15H19N5O3S/c1-10-9-18-14(19-15(16)17)13-8-11(2-3-12(10)13)24(21,22)20-4-6-23-7-5-20/h2-3,8-9H,4-7H2,1H3,(H4,16,17,18,19). The van der Waals surface area contributed by atoms with E-state index in [0.717, 1.165) is 10.9 Å². The normalized spacial score (nSPS) is 16.2. The van der Waals surface area contributed by atoms with Gasteiger partial charge in [-0.1, -0.05) is 6.07 Å². The fraction of sp³-hybridized carbons (Fsp3) is 0.333. The molecule has 1 aromatic carbocycles. The van der Waals surface area contributed by atoms with Crippen LogP contribution in [-0.4, -0.2) is 50.0 Å². The highest BCUT2D eigenvalue weighted by Crippen LogP contribution is 2.29. The van der Waals surface area contributed by atoms with Gasteiger partial charge in [-0.05, 0) is 30.0 Å². The van der Waals surface area contributed by atoms with Gasteiger partial charge in [-0.15, -0.1) is 0 Å². The fourth-order valence-electron chi connectivity index (χ4n) is 2.66. The van der Waals surface area contributed by atoms with Crippen molar-refractivity contribution in [3.8, 4) is 0 Å². The molecule has 2 heterocycles. The maximum Gasteiger partial charge on any atom is 0.243 e. The number of pyridine rings is 1. The Hall–Kier alpha value is -2.23. The Morgan fingerprint density at radius 1 is 1.25 bits per heavy atom. The molecular formula is C15H19N5O3S. The van der Waals surface area contributed by atoms with E-state index in [-0.39, 0.29) is 10.9 Å². The first-order valence-corrected chi connectivity index (χ1v) is 8.90. The van der Waals surface area contributed by atoms with Gasteiger partial charge >= 0.3 is 0 Å². The number of hydrogen-bond donors (Lipinski definition) is 2. The van der Waals surface area contributed by atoms with E-state index < -0.39 is 10.0 Å². The molecule has 0 unspecified atom stereocenters. The molecule has 128 valence electrons. The number of morpholine rings is 1. The van der Waals surface area contributed by atoms with E-state index in [1.807, 2.05) is 6.92 Å². The summed E-state index contributed by atoms with van der Waals surface area (Å²) in [6.07, 6.45) is 1.65. The summed E-state index contributed by atoms with van der Waals surface area (Å²) in [4.78, 5) is 8.39. The predicted molar refractivity (Wildman–Crippen MR) is 91.5 cm³/mol. The Bertz CT molecular complexity index is 901. The van der Waals surface area contributed by atoms with Crippen LogP contribution >= 0.6 is 0 Å². The quantitative estimate of drug-likeness (QED) is 0.613. The van der Waals surface area contributed by atoms with Crippen molar-refractivity contribution in [3.05, 3.63) is 30.0 Å². The van der Waals surface area contributed by atoms with Gasteiger partial charge in [-0.2, -0.15) is 9.30 Å². The molecule has 3 rings (SSSR count). The van der Waals surface area contributed by atoms with E-state index in [1.165, 1.54) is 4.31 Å². The number of benzene rings is 1. The van der Waals surface area contributed by atoms with Crippen molar-refractivity contribution in [2.45, 2.75) is 11.8 Å². The summed E-state index contributed by atoms with van der Waals surface area (Å²) < 4.78 is 32.3. The van der Waals surface area contributed by atoms with Crippen molar-refractivity contribution >= 4 is 32.6 Å². The topological polar surface area (TPSA) is 124 Å². The largest absolute Gasteiger partial charge is 0.379 e. The first-order chi connectivity index (χ1) is 11.4. The van der Waals surface area contributed by atoms with Crippen molar-refractivity contribution in [1.82, 2.24) is 9.29 Å². The molecule has 1 aromatic heterocycles. The van der Waals surface area contributed by atoms with Crippen LogP contribution in [0, 0.1) is 6.92 Å². The van der Waals surface area contributed by atoms with E-state index in [2.05, 4.69) is 9.98 Å². The van der Waals surface area contributed by atoms with Crippen LogP contribution in [0.3, 0.4) is 0 Å². The Morgan fingerprint density at radius 2 is 1.96 bits per heavy atom. The second-order valence-electron chi connectivity index (χ2n) is 5.53. The van der Waals surface area contributed by atoms with Crippen LogP contribution in [0.25, 0.3) is 10.8 Å². The number of aliphatic imine (C=N–C) groups is 1. The lowest BCUT2D eigenvalue weighted by atomic mass is 10.1. The smallest absolute Gasteiger partial charge is 0.243 e. The number of fused-ring (bicyclic) bond motifs is 1. The lowest BCUT2D eigenvalue weighted by Crippen LogP contribution is -2.40. The van der Waals surface area contributed by atoms with Gasteiger partial charge in [0.15, 0.2) is 11.8 Å². The highest BCUT2D eigenvalue weighted by molar-refractivity contribution is 7.89. The molecule has 0 atom stereocenters. The predicted octanol–water partition coefficient (Wildman–Crippen LogP) is 0.469. The summed E-state index contributed by atoms with van der Waals surface area (Å²) >= 11 is 0. The zero-order valence-corrected chi connectivity index (χ0v) is 14.1. The van der Waals surface area contributed by atoms with E-state index in [4.69, 9.17) is 16.2 Å². The minimum Gasteiger partial charge on any atom is -0.379 e. The Morgan fingerprint density at radius 3 is 2.62 bits per heavy atom. The summed E-state index contributed by atoms with van der Waals surface area (Å²) in [6, 6.07) is 4.92. The number of sulfonamides is 1. The Kier molecular flexibility index (Phi) is 4.39. The first-order valence-electron chi connectivity index (χ1n) is 7.46. The van der Waals surface area contributed by atoms with Gasteiger partial charge in [0, 0.05) is 24.7 Å². The maximum atomic E-state index is 12.8. The molecule has 4 N–H and O–H groups in total. The average Bonchev–Trinajstić information content (AvgIpc) is 2.57. The van der Waals surface area contributed by atoms with Gasteiger partial charge in [0.2, 0.25) is 10.0 Å². The molecule has 0 aliphatic carbocycles. The number of ether oxygens (including phenoxy) is 1. The second-order valence-corrected chi connectivity index (χ2v) is 7.46. The van der Waals surface area contributed by atoms with E-state index in [9.17, 15) is 8.42 Å². The van der Waals surface area contributed by atoms with Crippen molar-refractivity contribution in [1.29, 1.82) is 0 Å². The zero-order chi connectivity index (χ0) is 17.3. The number of hydrogen-bond acceptors (Lipinski definition) is 5. The Balaban J connectivity index is 2.15. The molecule has 0 radical (unpaired) electrons. The molecule has 1 saturated heterocycles. The molecule has 1 aliphatic heterocycles. The van der Waals surface area contributed by atoms with E-state index in [1.54, 1.807) is 24.4 Å². The van der Waals surface area contributed by atoms with Crippen molar-refractivity contribution in [3.63, 3.8) is 0 Å². The van der Waals surface area contributed by atoms with Crippen LogP contribution in [0.4, 0.5) is 5.82 Å². The molecule has 8 nitrogen and oxygen atoms in total. The molecule has 2 aromatic rings. The SMILES string of the molecule is Cc1cnc(N=C(N)N)c2cc(S(=O)(=O)N3CCOCC3)ccc12. The summed E-state index contributed by atoms with van der Waals surface area (Å²) in [6.45, 7) is 3.37. The summed E-state index contributed by atoms with van der Waals surface area (Å²) in [5, 5.41) is 1.45. The van der Waals surface area contributed by atoms with Gasteiger partial charge in [0.1, 0.15) is 0 Å². The molecule has 0 spiro atoms. The number of rotatable bonds is 3. The zero-order valence-electron chi connectivity index (χ0n) is 13.3. The lowest BCUT2D eigenvalue weighted by molar-refractivity contribution is 0.0730. The molecular weight excluding hydrogens is 330 g/mol. The third-order valence-electron chi connectivity index (χ3n) is 3.88. The van der Waals surface area contributed by atoms with Crippen molar-refractivity contribution in [2.24, 2.45) is 16.5 Å². The average molecular weight is 349 g/mol. The van der Waals surface area contributed by atoms with Crippen LogP contribution in [0.1, 0.15) is 5.56 Å². The summed E-state index contributed by atoms with van der Waals surface area (Å²) in [5.41, 5.74) is 11.8. The fourth-order valence-corrected chi connectivity index (χ4v) is 4.09. The van der Waals surface area contributed by atoms with E-state index in [0.29, 0.717) is 37.5 Å². The monoisotopic (exact) mass is 349 g/mol. The number of nitrogens with two attached hydrogens (primary N) is 2. The van der Waals surface area contributed by atoms with Crippen LogP contribution in [-0.2, 0) is 14.8 Å². The van der Waals surface area contributed by atoms with Crippen molar-refractivity contribution < 1.29 is 13.2 Å². The minimum atomic E-state index is -3.60. The molecule has 0 saturated carbocycles. The molecule has 0 amide bonds. The van der Waals surface area contributed by atoms with Gasteiger partial charge in [-0.25, -0.2) is 13.4 Å². The summed E-state index contributed by atoms with van der Waals surface area (Å²) in [5.74, 6) is 0.170. The highest BCUT2D eigenvalue weighted by atomic mass is 32.2. The second kappa shape index (κ2) is 6.34. The number of nitrogens with zero attached hydrogens (tertiary/aromatic N) is 3. The maximum absolute atomic E-state index is 12.8. The molecule has 1 fully saturated rings. The third kappa shape index (κ3) is 3.05. The van der Waals surface area contributed by atoms with Gasteiger partial charge in [-0.3, -0.25) is 0 Å². The molecule has 24 heavy (non-hydrogen) atoms. The first kappa shape index (κ1) is 16.6. The third-order valence-corrected chi connectivity index (χ3v) is 5.77. The lowest BCUT2D eigenvalue weighted by Gasteiger charge is -2.26. The summed E-state index contributed by atoms with van der Waals surface area (Å²) in [7, 11) is -3.60. The van der Waals surface area contributed by atoms with Gasteiger partial charge in [0.05, 0.1) is 18.1 Å². The number of aromatic nitrogens is 1. The number of aryl methyl sites for hydroxylation is 1. The van der Waals surface area contributed by atoms with Crippen LogP contribution in [0.15, 0.2) is 34.3 Å². The molecule has 0 bridgehead atoms. The highest BCUT2D eigenvalue weighted by Gasteiger charge is 2.26. The van der Waals surface area contributed by atoms with Crippen molar-refractivity contribution in [2.75, 3.05) is 26.3 Å². The van der Waals surface area contributed by atoms with Crippen LogP contribution < -0.4 is 11.5 Å².